The second kappa shape index (κ2) is 8.93. The van der Waals surface area contributed by atoms with Gasteiger partial charge in [-0.15, -0.1) is 0 Å². The van der Waals surface area contributed by atoms with Gasteiger partial charge >= 0.3 is 0 Å². The Morgan fingerprint density at radius 1 is 1.31 bits per heavy atom. The molecule has 0 spiro atoms. The second-order valence-electron chi connectivity index (χ2n) is 4.97. The van der Waals surface area contributed by atoms with Crippen molar-refractivity contribution in [2.45, 2.75) is 32.8 Å². The molecule has 4 nitrogen and oxygen atoms in total. The van der Waals surface area contributed by atoms with E-state index < -0.39 is 0 Å². The summed E-state index contributed by atoms with van der Waals surface area (Å²) in [6.45, 7) is 7.85. The molecule has 0 saturated heterocycles. The molecule has 1 unspecified atom stereocenters. The summed E-state index contributed by atoms with van der Waals surface area (Å²) >= 11 is 0. The van der Waals surface area contributed by atoms with Gasteiger partial charge in [0, 0.05) is 33.9 Å². The summed E-state index contributed by atoms with van der Waals surface area (Å²) in [5.41, 5.74) is 5.83. The van der Waals surface area contributed by atoms with Crippen LogP contribution in [0.15, 0.2) is 0 Å². The van der Waals surface area contributed by atoms with Crippen LogP contribution in [0.5, 0.6) is 0 Å². The fourth-order valence-corrected chi connectivity index (χ4v) is 1.49. The minimum absolute atomic E-state index is 0.176. The lowest BCUT2D eigenvalue weighted by Crippen LogP contribution is -2.33. The Morgan fingerprint density at radius 2 is 2.00 bits per heavy atom. The van der Waals surface area contributed by atoms with Crippen molar-refractivity contribution in [1.82, 2.24) is 5.32 Å². The number of rotatable bonds is 10. The molecule has 0 aliphatic rings. The van der Waals surface area contributed by atoms with Gasteiger partial charge in [0.1, 0.15) is 0 Å². The van der Waals surface area contributed by atoms with Crippen molar-refractivity contribution < 1.29 is 9.47 Å². The second-order valence-corrected chi connectivity index (χ2v) is 4.97. The van der Waals surface area contributed by atoms with Gasteiger partial charge in [-0.2, -0.15) is 0 Å². The minimum atomic E-state index is 0.176. The van der Waals surface area contributed by atoms with Gasteiger partial charge in [-0.25, -0.2) is 0 Å². The lowest BCUT2D eigenvalue weighted by molar-refractivity contribution is 0.100. The van der Waals surface area contributed by atoms with Crippen molar-refractivity contribution in [3.05, 3.63) is 0 Å². The first kappa shape index (κ1) is 15.8. The number of hydrogen-bond acceptors (Lipinski definition) is 4. The first-order valence-corrected chi connectivity index (χ1v) is 5.98. The number of ether oxygens (including phenoxy) is 2. The molecule has 0 aromatic carbocycles. The molecule has 0 bridgehead atoms. The van der Waals surface area contributed by atoms with Crippen molar-refractivity contribution in [3.8, 4) is 0 Å². The first-order chi connectivity index (χ1) is 7.55. The van der Waals surface area contributed by atoms with Gasteiger partial charge in [0.2, 0.25) is 0 Å². The molecule has 0 fully saturated rings. The summed E-state index contributed by atoms with van der Waals surface area (Å²) in [4.78, 5) is 0. The Hall–Kier alpha value is -0.160. The van der Waals surface area contributed by atoms with Crippen LogP contribution in [0.2, 0.25) is 0 Å². The van der Waals surface area contributed by atoms with E-state index in [1.165, 1.54) is 0 Å². The topological polar surface area (TPSA) is 56.5 Å². The van der Waals surface area contributed by atoms with E-state index in [2.05, 4.69) is 19.2 Å². The van der Waals surface area contributed by atoms with Crippen LogP contribution in [-0.2, 0) is 9.47 Å². The standard InChI is InChI=1S/C12H28N2O2/c1-12(2,6-8-15-3)10-14-7-5-11(9-13)16-4/h11,14H,5-10,13H2,1-4H3. The zero-order valence-electron chi connectivity index (χ0n) is 11.2. The fraction of sp³-hybridized carbons (Fsp3) is 1.00. The Labute approximate surface area is 99.9 Å². The van der Waals surface area contributed by atoms with E-state index in [0.29, 0.717) is 6.54 Å². The van der Waals surface area contributed by atoms with Crippen molar-refractivity contribution in [3.63, 3.8) is 0 Å². The van der Waals surface area contributed by atoms with Crippen LogP contribution in [0.25, 0.3) is 0 Å². The monoisotopic (exact) mass is 232 g/mol. The normalized spacial score (nSPS) is 14.1. The van der Waals surface area contributed by atoms with Crippen molar-refractivity contribution in [1.29, 1.82) is 0 Å². The van der Waals surface area contributed by atoms with Crippen molar-refractivity contribution in [2.75, 3.05) is 40.5 Å². The Bertz CT molecular complexity index is 159. The fourth-order valence-electron chi connectivity index (χ4n) is 1.49. The summed E-state index contributed by atoms with van der Waals surface area (Å²) < 4.78 is 10.3. The average Bonchev–Trinajstić information content (AvgIpc) is 2.27. The molecule has 98 valence electrons. The number of methoxy groups -OCH3 is 2. The summed E-state index contributed by atoms with van der Waals surface area (Å²) in [7, 11) is 3.45. The van der Waals surface area contributed by atoms with Crippen molar-refractivity contribution >= 4 is 0 Å². The molecule has 0 heterocycles. The third kappa shape index (κ3) is 8.05. The molecule has 3 N–H and O–H groups in total. The molecule has 0 rings (SSSR count). The molecule has 0 aliphatic heterocycles. The maximum atomic E-state index is 5.55. The summed E-state index contributed by atoms with van der Waals surface area (Å²) in [5.74, 6) is 0. The van der Waals surface area contributed by atoms with Crippen LogP contribution in [0.1, 0.15) is 26.7 Å². The zero-order valence-corrected chi connectivity index (χ0v) is 11.2. The molecule has 0 radical (unpaired) electrons. The van der Waals surface area contributed by atoms with E-state index in [1.807, 2.05) is 0 Å². The summed E-state index contributed by atoms with van der Waals surface area (Å²) in [6.07, 6.45) is 2.21. The molecular weight excluding hydrogens is 204 g/mol. The Morgan fingerprint density at radius 3 is 2.50 bits per heavy atom. The third-order valence-electron chi connectivity index (χ3n) is 2.83. The molecule has 0 aromatic rings. The van der Waals surface area contributed by atoms with Gasteiger partial charge in [-0.3, -0.25) is 0 Å². The van der Waals surface area contributed by atoms with E-state index in [4.69, 9.17) is 15.2 Å². The minimum Gasteiger partial charge on any atom is -0.385 e. The molecule has 1 atom stereocenters. The van der Waals surface area contributed by atoms with E-state index in [1.54, 1.807) is 14.2 Å². The average molecular weight is 232 g/mol. The maximum Gasteiger partial charge on any atom is 0.0705 e. The molecule has 0 amide bonds. The summed E-state index contributed by atoms with van der Waals surface area (Å²) in [6, 6.07) is 0. The lowest BCUT2D eigenvalue weighted by atomic mass is 9.90. The first-order valence-electron chi connectivity index (χ1n) is 5.98. The number of nitrogens with two attached hydrogens (primary N) is 1. The van der Waals surface area contributed by atoms with Gasteiger partial charge in [-0.1, -0.05) is 13.8 Å². The van der Waals surface area contributed by atoms with Crippen LogP contribution >= 0.6 is 0 Å². The van der Waals surface area contributed by atoms with Crippen LogP contribution in [0.4, 0.5) is 0 Å². The van der Waals surface area contributed by atoms with E-state index >= 15 is 0 Å². The highest BCUT2D eigenvalue weighted by Crippen LogP contribution is 2.18. The zero-order chi connectivity index (χ0) is 12.4. The Balaban J connectivity index is 3.56. The molecule has 0 saturated carbocycles. The van der Waals surface area contributed by atoms with Gasteiger partial charge in [0.25, 0.3) is 0 Å². The highest BCUT2D eigenvalue weighted by Gasteiger charge is 2.16. The number of nitrogens with one attached hydrogen (secondary N) is 1. The highest BCUT2D eigenvalue weighted by atomic mass is 16.5. The van der Waals surface area contributed by atoms with E-state index in [-0.39, 0.29) is 11.5 Å². The number of hydrogen-bond donors (Lipinski definition) is 2. The largest absolute Gasteiger partial charge is 0.385 e. The predicted octanol–water partition coefficient (Wildman–Crippen LogP) is 1.00. The lowest BCUT2D eigenvalue weighted by Gasteiger charge is -2.25. The van der Waals surface area contributed by atoms with E-state index in [9.17, 15) is 0 Å². The van der Waals surface area contributed by atoms with Crippen LogP contribution in [0.3, 0.4) is 0 Å². The van der Waals surface area contributed by atoms with Gasteiger partial charge in [0.15, 0.2) is 0 Å². The Kier molecular flexibility index (Phi) is 8.84. The smallest absolute Gasteiger partial charge is 0.0705 e. The molecule has 0 aromatic heterocycles. The van der Waals surface area contributed by atoms with Crippen LogP contribution < -0.4 is 11.1 Å². The maximum absolute atomic E-state index is 5.55. The molecule has 4 heteroatoms. The predicted molar refractivity (Wildman–Crippen MR) is 67.6 cm³/mol. The van der Waals surface area contributed by atoms with Crippen molar-refractivity contribution in [2.24, 2.45) is 11.1 Å². The highest BCUT2D eigenvalue weighted by molar-refractivity contribution is 4.72. The van der Waals surface area contributed by atoms with Crippen LogP contribution in [0, 0.1) is 5.41 Å². The quantitative estimate of drug-likeness (QED) is 0.552. The van der Waals surface area contributed by atoms with Gasteiger partial charge in [-0.05, 0) is 24.8 Å². The van der Waals surface area contributed by atoms with Crippen LogP contribution in [-0.4, -0.2) is 46.6 Å². The van der Waals surface area contributed by atoms with E-state index in [0.717, 1.165) is 32.5 Å². The summed E-state index contributed by atoms with van der Waals surface area (Å²) in [5, 5.41) is 3.44. The molecule has 0 aliphatic carbocycles. The molecule has 16 heavy (non-hydrogen) atoms. The molecular formula is C12H28N2O2. The third-order valence-corrected chi connectivity index (χ3v) is 2.83. The SMILES string of the molecule is COCCC(C)(C)CNCCC(CN)OC. The van der Waals surface area contributed by atoms with Gasteiger partial charge < -0.3 is 20.5 Å². The van der Waals surface area contributed by atoms with Gasteiger partial charge in [0.05, 0.1) is 6.10 Å².